The average Bonchev–Trinajstić information content (AvgIpc) is 3.02. The number of nitrogens with zero attached hydrogens (tertiary/aromatic N) is 4. The van der Waals surface area contributed by atoms with Crippen LogP contribution in [0.25, 0.3) is 11.4 Å². The molecule has 0 aliphatic carbocycles. The van der Waals surface area contributed by atoms with Crippen LogP contribution in [0.2, 0.25) is 0 Å². The maximum absolute atomic E-state index is 12.6. The molecule has 1 atom stereocenters. The van der Waals surface area contributed by atoms with Crippen molar-refractivity contribution in [2.45, 2.75) is 11.8 Å². The van der Waals surface area contributed by atoms with Crippen molar-refractivity contribution < 1.29 is 13.5 Å². The molecular weight excluding hydrogens is 328 g/mol. The summed E-state index contributed by atoms with van der Waals surface area (Å²) in [6, 6.07) is 9.74. The summed E-state index contributed by atoms with van der Waals surface area (Å²) in [5.41, 5.74) is 1.05. The summed E-state index contributed by atoms with van der Waals surface area (Å²) in [5.74, 6) is 0.359. The molecule has 0 saturated heterocycles. The Hall–Kier alpha value is -2.87. The molecule has 1 unspecified atom stereocenters. The standard InChI is InChI=1S/C16H14N4O3S/c1-11-18-15(19-23-11)12-3-5-13(6-4-12)16(21)20-24(2,22)14-7-9-17-10-8-14/h3-10H,1-2H3. The van der Waals surface area contributed by atoms with Gasteiger partial charge in [-0.3, -0.25) is 9.78 Å². The van der Waals surface area contributed by atoms with Gasteiger partial charge in [0.05, 0.1) is 14.6 Å². The van der Waals surface area contributed by atoms with E-state index >= 15 is 0 Å². The summed E-state index contributed by atoms with van der Waals surface area (Å²) in [6.07, 6.45) is 4.46. The molecular formula is C16H14N4O3S. The highest BCUT2D eigenvalue weighted by Gasteiger charge is 2.12. The van der Waals surface area contributed by atoms with E-state index in [-0.39, 0.29) is 0 Å². The zero-order valence-electron chi connectivity index (χ0n) is 13.0. The van der Waals surface area contributed by atoms with Crippen molar-refractivity contribution >= 4 is 15.6 Å². The summed E-state index contributed by atoms with van der Waals surface area (Å²) in [4.78, 5) is 20.7. The van der Waals surface area contributed by atoms with E-state index < -0.39 is 15.6 Å². The van der Waals surface area contributed by atoms with Gasteiger partial charge in [-0.2, -0.15) is 9.35 Å². The van der Waals surface area contributed by atoms with Crippen molar-refractivity contribution in [1.82, 2.24) is 15.1 Å². The molecule has 24 heavy (non-hydrogen) atoms. The zero-order valence-corrected chi connectivity index (χ0v) is 13.9. The van der Waals surface area contributed by atoms with E-state index in [1.54, 1.807) is 43.3 Å². The molecule has 8 heteroatoms. The number of benzene rings is 1. The summed E-state index contributed by atoms with van der Waals surface area (Å²) < 4.78 is 21.4. The molecule has 0 bridgehead atoms. The fourth-order valence-corrected chi connectivity index (χ4v) is 3.19. The number of pyridine rings is 1. The van der Waals surface area contributed by atoms with Crippen LogP contribution in [-0.4, -0.2) is 31.5 Å². The first kappa shape index (κ1) is 16.0. The Morgan fingerprint density at radius 3 is 2.38 bits per heavy atom. The Balaban J connectivity index is 1.88. The normalized spacial score (nSPS) is 13.2. The monoisotopic (exact) mass is 342 g/mol. The Kier molecular flexibility index (Phi) is 4.22. The molecule has 2 heterocycles. The van der Waals surface area contributed by atoms with Gasteiger partial charge in [-0.15, -0.1) is 0 Å². The molecule has 122 valence electrons. The van der Waals surface area contributed by atoms with Crippen LogP contribution in [-0.2, 0) is 9.73 Å². The Morgan fingerprint density at radius 1 is 1.12 bits per heavy atom. The van der Waals surface area contributed by atoms with Crippen molar-refractivity contribution in [1.29, 1.82) is 0 Å². The number of aromatic nitrogens is 3. The minimum Gasteiger partial charge on any atom is -0.339 e. The number of carbonyl (C=O) groups excluding carboxylic acids is 1. The topological polar surface area (TPSA) is 98.3 Å². The number of carbonyl (C=O) groups is 1. The van der Waals surface area contributed by atoms with Crippen LogP contribution in [0.4, 0.5) is 0 Å². The van der Waals surface area contributed by atoms with Gasteiger partial charge in [0.1, 0.15) is 0 Å². The van der Waals surface area contributed by atoms with Crippen LogP contribution < -0.4 is 0 Å². The summed E-state index contributed by atoms with van der Waals surface area (Å²) >= 11 is 0. The Labute approximate surface area is 138 Å². The van der Waals surface area contributed by atoms with E-state index in [9.17, 15) is 9.00 Å². The third-order valence-corrected chi connectivity index (χ3v) is 4.92. The van der Waals surface area contributed by atoms with Gasteiger partial charge in [0.15, 0.2) is 0 Å². The van der Waals surface area contributed by atoms with Crippen LogP contribution in [0.3, 0.4) is 0 Å². The maximum atomic E-state index is 12.6. The van der Waals surface area contributed by atoms with Gasteiger partial charge < -0.3 is 4.52 Å². The third-order valence-electron chi connectivity index (χ3n) is 3.26. The number of aryl methyl sites for hydroxylation is 1. The quantitative estimate of drug-likeness (QED) is 0.726. The molecule has 0 spiro atoms. The molecule has 1 aromatic carbocycles. The Bertz CT molecular complexity index is 988. The number of rotatable bonds is 3. The molecule has 0 saturated carbocycles. The molecule has 0 aliphatic rings. The van der Waals surface area contributed by atoms with Crippen LogP contribution in [0.5, 0.6) is 0 Å². The van der Waals surface area contributed by atoms with Gasteiger partial charge >= 0.3 is 0 Å². The molecule has 0 N–H and O–H groups in total. The molecule has 3 aromatic rings. The molecule has 3 rings (SSSR count). The molecule has 2 aromatic heterocycles. The minimum absolute atomic E-state index is 0.336. The van der Waals surface area contributed by atoms with Crippen LogP contribution in [0.15, 0.2) is 62.6 Å². The van der Waals surface area contributed by atoms with E-state index in [1.807, 2.05) is 0 Å². The largest absolute Gasteiger partial charge is 0.339 e. The second-order valence-corrected chi connectivity index (χ2v) is 7.36. The van der Waals surface area contributed by atoms with Gasteiger partial charge in [0.25, 0.3) is 5.91 Å². The van der Waals surface area contributed by atoms with Crippen molar-refractivity contribution in [3.63, 3.8) is 0 Å². The SMILES string of the molecule is Cc1nc(-c2ccc(C(=O)N=S(C)(=O)c3ccncc3)cc2)no1. The number of amides is 1. The van der Waals surface area contributed by atoms with E-state index in [0.717, 1.165) is 5.56 Å². The molecule has 0 fully saturated rings. The van der Waals surface area contributed by atoms with E-state index in [0.29, 0.717) is 22.2 Å². The molecule has 1 amide bonds. The fraction of sp³-hybridized carbons (Fsp3) is 0.125. The maximum Gasteiger partial charge on any atom is 0.285 e. The highest BCUT2D eigenvalue weighted by atomic mass is 32.2. The highest BCUT2D eigenvalue weighted by molar-refractivity contribution is 7.93. The smallest absolute Gasteiger partial charge is 0.285 e. The molecule has 0 radical (unpaired) electrons. The third kappa shape index (κ3) is 3.38. The zero-order chi connectivity index (χ0) is 17.2. The van der Waals surface area contributed by atoms with Gasteiger partial charge in [0, 0.05) is 36.7 Å². The van der Waals surface area contributed by atoms with Crippen molar-refractivity contribution in [3.05, 3.63) is 60.2 Å². The lowest BCUT2D eigenvalue weighted by Gasteiger charge is -2.03. The highest BCUT2D eigenvalue weighted by Crippen LogP contribution is 2.18. The molecule has 0 aliphatic heterocycles. The second kappa shape index (κ2) is 6.32. The van der Waals surface area contributed by atoms with Gasteiger partial charge in [0.2, 0.25) is 11.7 Å². The van der Waals surface area contributed by atoms with Crippen molar-refractivity contribution in [3.8, 4) is 11.4 Å². The minimum atomic E-state index is -2.82. The van der Waals surface area contributed by atoms with Gasteiger partial charge in [-0.1, -0.05) is 17.3 Å². The first-order valence-corrected chi connectivity index (χ1v) is 8.95. The summed E-state index contributed by atoms with van der Waals surface area (Å²) in [6.45, 7) is 1.70. The lowest BCUT2D eigenvalue weighted by molar-refractivity contribution is 0.100. The summed E-state index contributed by atoms with van der Waals surface area (Å²) in [5, 5.41) is 3.81. The predicted molar refractivity (Wildman–Crippen MR) is 87.8 cm³/mol. The lowest BCUT2D eigenvalue weighted by Crippen LogP contribution is -2.04. The van der Waals surface area contributed by atoms with E-state index in [4.69, 9.17) is 4.52 Å². The predicted octanol–water partition coefficient (Wildman–Crippen LogP) is 2.74. The summed E-state index contributed by atoms with van der Waals surface area (Å²) in [7, 11) is -2.82. The van der Waals surface area contributed by atoms with Crippen molar-refractivity contribution in [2.24, 2.45) is 4.36 Å². The van der Waals surface area contributed by atoms with Crippen LogP contribution in [0.1, 0.15) is 16.2 Å². The van der Waals surface area contributed by atoms with E-state index in [1.165, 1.54) is 18.6 Å². The lowest BCUT2D eigenvalue weighted by atomic mass is 10.1. The first-order chi connectivity index (χ1) is 11.5. The van der Waals surface area contributed by atoms with Crippen LogP contribution >= 0.6 is 0 Å². The van der Waals surface area contributed by atoms with Gasteiger partial charge in [-0.25, -0.2) is 4.21 Å². The Morgan fingerprint density at radius 2 is 1.79 bits per heavy atom. The van der Waals surface area contributed by atoms with E-state index in [2.05, 4.69) is 19.5 Å². The van der Waals surface area contributed by atoms with Gasteiger partial charge in [-0.05, 0) is 24.3 Å². The van der Waals surface area contributed by atoms with Crippen molar-refractivity contribution in [2.75, 3.05) is 6.26 Å². The average molecular weight is 342 g/mol. The molecule has 7 nitrogen and oxygen atoms in total. The number of hydrogen-bond donors (Lipinski definition) is 0. The number of hydrogen-bond acceptors (Lipinski definition) is 6. The second-order valence-electron chi connectivity index (χ2n) is 5.10. The fourth-order valence-electron chi connectivity index (χ4n) is 2.03. The first-order valence-electron chi connectivity index (χ1n) is 7.03. The van der Waals surface area contributed by atoms with Crippen LogP contribution in [0, 0.1) is 6.92 Å².